The minimum absolute atomic E-state index is 0.125. The molecule has 0 atom stereocenters. The number of halogens is 3. The molecule has 0 N–H and O–H groups in total. The summed E-state index contributed by atoms with van der Waals surface area (Å²) in [5.41, 5.74) is 0.960. The average molecular weight is 369 g/mol. The van der Waals surface area contributed by atoms with E-state index in [-0.39, 0.29) is 22.9 Å². The van der Waals surface area contributed by atoms with Gasteiger partial charge in [0.25, 0.3) is 5.91 Å². The van der Waals surface area contributed by atoms with E-state index >= 15 is 0 Å². The Bertz CT molecular complexity index is 973. The SMILES string of the molecule is O=S=NC(=O)c1cnn(-c2ccc(-c3noc(C(F)(F)F)n3)cc2)c1. The van der Waals surface area contributed by atoms with Crippen LogP contribution in [0.2, 0.25) is 0 Å². The first kappa shape index (κ1) is 16.7. The van der Waals surface area contributed by atoms with E-state index in [9.17, 15) is 22.2 Å². The fraction of sp³-hybridized carbons (Fsp3) is 0.0769. The molecule has 1 amide bonds. The normalized spacial score (nSPS) is 11.3. The molecule has 1 aromatic carbocycles. The van der Waals surface area contributed by atoms with Crippen LogP contribution in [0.25, 0.3) is 17.1 Å². The molecular formula is C13H6F3N5O3S. The Morgan fingerprint density at radius 2 is 1.96 bits per heavy atom. The summed E-state index contributed by atoms with van der Waals surface area (Å²) in [5, 5.41) is 7.24. The molecule has 0 bridgehead atoms. The van der Waals surface area contributed by atoms with Crippen LogP contribution in [0.4, 0.5) is 13.2 Å². The predicted octanol–water partition coefficient (Wildman–Crippen LogP) is 2.48. The number of benzene rings is 1. The van der Waals surface area contributed by atoms with Crippen LogP contribution in [-0.2, 0) is 17.6 Å². The van der Waals surface area contributed by atoms with Crippen LogP contribution in [0.1, 0.15) is 16.2 Å². The summed E-state index contributed by atoms with van der Waals surface area (Å²) in [5.74, 6) is -2.35. The topological polar surface area (TPSA) is 103 Å². The van der Waals surface area contributed by atoms with Crippen molar-refractivity contribution in [3.05, 3.63) is 48.1 Å². The van der Waals surface area contributed by atoms with Crippen molar-refractivity contribution in [3.8, 4) is 17.1 Å². The maximum atomic E-state index is 12.5. The van der Waals surface area contributed by atoms with E-state index in [1.54, 1.807) is 12.1 Å². The van der Waals surface area contributed by atoms with E-state index in [4.69, 9.17) is 0 Å². The monoisotopic (exact) mass is 369 g/mol. The first-order chi connectivity index (χ1) is 11.9. The molecular weight excluding hydrogens is 363 g/mol. The third kappa shape index (κ3) is 3.52. The lowest BCUT2D eigenvalue weighted by molar-refractivity contribution is -0.159. The van der Waals surface area contributed by atoms with Crippen LogP contribution in [0, 0.1) is 0 Å². The van der Waals surface area contributed by atoms with Gasteiger partial charge in [-0.2, -0.15) is 27.5 Å². The van der Waals surface area contributed by atoms with Gasteiger partial charge in [-0.1, -0.05) is 5.16 Å². The molecule has 0 fully saturated rings. The predicted molar refractivity (Wildman–Crippen MR) is 76.8 cm³/mol. The van der Waals surface area contributed by atoms with Gasteiger partial charge in [0, 0.05) is 11.8 Å². The molecule has 0 aliphatic heterocycles. The number of carbonyl (C=O) groups is 1. The summed E-state index contributed by atoms with van der Waals surface area (Å²) < 4.78 is 56.3. The molecule has 0 aliphatic rings. The van der Waals surface area contributed by atoms with Gasteiger partial charge >= 0.3 is 12.1 Å². The first-order valence-electron chi connectivity index (χ1n) is 6.49. The zero-order chi connectivity index (χ0) is 18.0. The molecule has 0 radical (unpaired) electrons. The summed E-state index contributed by atoms with van der Waals surface area (Å²) >= 11 is -0.202. The molecule has 12 heteroatoms. The zero-order valence-electron chi connectivity index (χ0n) is 12.0. The van der Waals surface area contributed by atoms with E-state index < -0.39 is 18.0 Å². The second kappa shape index (κ2) is 6.39. The lowest BCUT2D eigenvalue weighted by atomic mass is 10.2. The number of hydrogen-bond donors (Lipinski definition) is 0. The second-order valence-corrected chi connectivity index (χ2v) is 4.94. The Balaban J connectivity index is 1.84. The van der Waals surface area contributed by atoms with Gasteiger partial charge in [-0.05, 0) is 24.3 Å². The Kier molecular flexibility index (Phi) is 4.27. The van der Waals surface area contributed by atoms with Crippen molar-refractivity contribution in [2.45, 2.75) is 6.18 Å². The summed E-state index contributed by atoms with van der Waals surface area (Å²) in [4.78, 5) is 14.7. The fourth-order valence-corrected chi connectivity index (χ4v) is 2.05. The Hall–Kier alpha value is -3.15. The molecule has 0 unspecified atom stereocenters. The van der Waals surface area contributed by atoms with Crippen LogP contribution in [0.5, 0.6) is 0 Å². The molecule has 0 saturated heterocycles. The van der Waals surface area contributed by atoms with Gasteiger partial charge in [0.05, 0.1) is 17.4 Å². The van der Waals surface area contributed by atoms with E-state index in [1.165, 1.54) is 29.2 Å². The quantitative estimate of drug-likeness (QED) is 0.703. The molecule has 3 aromatic rings. The van der Waals surface area contributed by atoms with Crippen LogP contribution >= 0.6 is 0 Å². The van der Waals surface area contributed by atoms with Crippen molar-refractivity contribution in [2.75, 3.05) is 0 Å². The maximum Gasteiger partial charge on any atom is 0.471 e. The van der Waals surface area contributed by atoms with Gasteiger partial charge in [-0.15, -0.1) is 4.36 Å². The molecule has 2 aromatic heterocycles. The smallest absolute Gasteiger partial charge is 0.329 e. The highest BCUT2D eigenvalue weighted by molar-refractivity contribution is 7.55. The lowest BCUT2D eigenvalue weighted by Gasteiger charge is -2.01. The van der Waals surface area contributed by atoms with Crippen LogP contribution in [-0.4, -0.2) is 30.0 Å². The Morgan fingerprint density at radius 1 is 1.24 bits per heavy atom. The first-order valence-corrected chi connectivity index (χ1v) is 7.19. The number of nitrogens with zero attached hydrogens (tertiary/aromatic N) is 5. The van der Waals surface area contributed by atoms with E-state index in [0.29, 0.717) is 11.3 Å². The largest absolute Gasteiger partial charge is 0.471 e. The third-order valence-electron chi connectivity index (χ3n) is 3.01. The molecule has 0 aliphatic carbocycles. The van der Waals surface area contributed by atoms with Crippen molar-refractivity contribution in [2.24, 2.45) is 4.36 Å². The number of rotatable bonds is 3. The molecule has 3 rings (SSSR count). The zero-order valence-corrected chi connectivity index (χ0v) is 12.8. The molecule has 25 heavy (non-hydrogen) atoms. The van der Waals surface area contributed by atoms with E-state index in [1.807, 2.05) is 0 Å². The molecule has 0 saturated carbocycles. The number of aromatic nitrogens is 4. The molecule has 0 spiro atoms. The number of carbonyl (C=O) groups excluding carboxylic acids is 1. The van der Waals surface area contributed by atoms with E-state index in [2.05, 4.69) is 24.1 Å². The Morgan fingerprint density at radius 3 is 2.56 bits per heavy atom. The Labute approximate surface area is 140 Å². The lowest BCUT2D eigenvalue weighted by Crippen LogP contribution is -2.04. The highest BCUT2D eigenvalue weighted by atomic mass is 32.1. The van der Waals surface area contributed by atoms with Crippen LogP contribution in [0.15, 0.2) is 45.5 Å². The third-order valence-corrected chi connectivity index (χ3v) is 3.25. The van der Waals surface area contributed by atoms with Gasteiger partial charge in [0.15, 0.2) is 0 Å². The van der Waals surface area contributed by atoms with Crippen molar-refractivity contribution in [1.82, 2.24) is 19.9 Å². The van der Waals surface area contributed by atoms with Gasteiger partial charge in [0.2, 0.25) is 17.3 Å². The van der Waals surface area contributed by atoms with Crippen molar-refractivity contribution < 1.29 is 26.7 Å². The number of hydrogen-bond acceptors (Lipinski definition) is 6. The summed E-state index contributed by atoms with van der Waals surface area (Å²) in [7, 11) is 0. The molecule has 128 valence electrons. The fourth-order valence-electron chi connectivity index (χ4n) is 1.88. The standard InChI is InChI=1S/C13H6F3N5O3S/c14-13(15,16)12-18-10(19-24-12)7-1-3-9(4-2-7)21-6-8(5-17-21)11(22)20-25-23/h1-6H. The molecule has 8 nitrogen and oxygen atoms in total. The minimum Gasteiger partial charge on any atom is -0.329 e. The van der Waals surface area contributed by atoms with Gasteiger partial charge < -0.3 is 4.52 Å². The van der Waals surface area contributed by atoms with Gasteiger partial charge in [-0.25, -0.2) is 4.68 Å². The molecule has 2 heterocycles. The van der Waals surface area contributed by atoms with Crippen LogP contribution < -0.4 is 0 Å². The van der Waals surface area contributed by atoms with Gasteiger partial charge in [0.1, 0.15) is 0 Å². The highest BCUT2D eigenvalue weighted by Crippen LogP contribution is 2.29. The summed E-state index contributed by atoms with van der Waals surface area (Å²) in [6.45, 7) is 0. The summed E-state index contributed by atoms with van der Waals surface area (Å²) in [6.07, 6.45) is -2.10. The van der Waals surface area contributed by atoms with Crippen molar-refractivity contribution in [1.29, 1.82) is 0 Å². The maximum absolute atomic E-state index is 12.5. The number of alkyl halides is 3. The summed E-state index contributed by atoms with van der Waals surface area (Å²) in [6, 6.07) is 6.03. The van der Waals surface area contributed by atoms with Crippen molar-refractivity contribution in [3.63, 3.8) is 0 Å². The second-order valence-electron chi connectivity index (χ2n) is 4.61. The number of amides is 1. The van der Waals surface area contributed by atoms with Crippen LogP contribution in [0.3, 0.4) is 0 Å². The minimum atomic E-state index is -4.71. The highest BCUT2D eigenvalue weighted by Gasteiger charge is 2.38. The average Bonchev–Trinajstić information content (AvgIpc) is 3.25. The van der Waals surface area contributed by atoms with Gasteiger partial charge in [-0.3, -0.25) is 4.79 Å². The van der Waals surface area contributed by atoms with E-state index in [0.717, 1.165) is 0 Å². The van der Waals surface area contributed by atoms with Crippen molar-refractivity contribution >= 4 is 17.4 Å².